The molecule has 7 heteroatoms. The maximum Gasteiger partial charge on any atom is 0.271 e. The zero-order valence-corrected chi connectivity index (χ0v) is 20.2. The van der Waals surface area contributed by atoms with Crippen LogP contribution in [0.2, 0.25) is 0 Å². The lowest BCUT2D eigenvalue weighted by atomic mass is 9.86. The third kappa shape index (κ3) is 3.97. The number of carbonyl (C=O) groups excluding carboxylic acids is 2. The summed E-state index contributed by atoms with van der Waals surface area (Å²) in [4.78, 5) is 29.3. The van der Waals surface area contributed by atoms with Crippen molar-refractivity contribution in [1.29, 1.82) is 0 Å². The van der Waals surface area contributed by atoms with Gasteiger partial charge in [-0.2, -0.15) is 0 Å². The average Bonchev–Trinajstić information content (AvgIpc) is 3.42. The van der Waals surface area contributed by atoms with Crippen LogP contribution in [0, 0.1) is 5.92 Å². The Hall–Kier alpha value is -3.22. The molecule has 7 nitrogen and oxygen atoms in total. The number of nitrogens with zero attached hydrogens (tertiary/aromatic N) is 2. The Morgan fingerprint density at radius 2 is 1.91 bits per heavy atom. The fraction of sp³-hybridized carbons (Fsp3) is 0.481. The van der Waals surface area contributed by atoms with Crippen molar-refractivity contribution in [3.8, 4) is 5.75 Å². The highest BCUT2D eigenvalue weighted by molar-refractivity contribution is 6.02. The van der Waals surface area contributed by atoms with E-state index in [0.717, 1.165) is 42.5 Å². The largest absolute Gasteiger partial charge is 0.494 e. The molecule has 0 saturated heterocycles. The Labute approximate surface area is 200 Å². The summed E-state index contributed by atoms with van der Waals surface area (Å²) >= 11 is 0. The number of amides is 2. The van der Waals surface area contributed by atoms with Crippen LogP contribution in [0.5, 0.6) is 5.75 Å². The van der Waals surface area contributed by atoms with Gasteiger partial charge in [0, 0.05) is 24.7 Å². The predicted molar refractivity (Wildman–Crippen MR) is 130 cm³/mol. The van der Waals surface area contributed by atoms with Crippen LogP contribution in [0.3, 0.4) is 0 Å². The van der Waals surface area contributed by atoms with E-state index >= 15 is 0 Å². The van der Waals surface area contributed by atoms with E-state index in [4.69, 9.17) is 9.15 Å². The first-order chi connectivity index (χ1) is 16.4. The van der Waals surface area contributed by atoms with Gasteiger partial charge >= 0.3 is 0 Å². The fourth-order valence-corrected chi connectivity index (χ4v) is 5.31. The summed E-state index contributed by atoms with van der Waals surface area (Å²) < 4.78 is 13.0. The molecular weight excluding hydrogens is 430 g/mol. The van der Waals surface area contributed by atoms with Crippen LogP contribution in [0.15, 0.2) is 47.1 Å². The first-order valence-corrected chi connectivity index (χ1v) is 12.3. The molecule has 1 aliphatic carbocycles. The highest BCUT2D eigenvalue weighted by Crippen LogP contribution is 2.34. The Morgan fingerprint density at radius 1 is 1.18 bits per heavy atom. The minimum absolute atomic E-state index is 0.0951. The summed E-state index contributed by atoms with van der Waals surface area (Å²) in [5, 5.41) is 3.29. The van der Waals surface area contributed by atoms with E-state index < -0.39 is 5.54 Å². The number of benzene rings is 1. The van der Waals surface area contributed by atoms with Gasteiger partial charge in [0.05, 0.1) is 24.9 Å². The zero-order valence-electron chi connectivity index (χ0n) is 20.2. The normalized spacial score (nSPS) is 24.8. The van der Waals surface area contributed by atoms with Crippen LogP contribution in [0.4, 0.5) is 0 Å². The fourth-order valence-electron chi connectivity index (χ4n) is 5.31. The number of nitrogens with one attached hydrogen (secondary N) is 1. The predicted octanol–water partition coefficient (Wildman–Crippen LogP) is 4.74. The molecule has 0 unspecified atom stereocenters. The van der Waals surface area contributed by atoms with Crippen LogP contribution in [0.25, 0.3) is 11.1 Å². The molecule has 1 atom stereocenters. The van der Waals surface area contributed by atoms with Gasteiger partial charge in [0.2, 0.25) is 5.91 Å². The molecule has 5 rings (SSSR count). The van der Waals surface area contributed by atoms with Gasteiger partial charge in [-0.05, 0) is 63.1 Å². The van der Waals surface area contributed by atoms with Crippen LogP contribution >= 0.6 is 0 Å². The van der Waals surface area contributed by atoms with E-state index in [9.17, 15) is 9.59 Å². The summed E-state index contributed by atoms with van der Waals surface area (Å²) in [6, 6.07) is 11.5. The quantitative estimate of drug-likeness (QED) is 0.573. The second-order valence-corrected chi connectivity index (χ2v) is 9.96. The Balaban J connectivity index is 1.47. The van der Waals surface area contributed by atoms with E-state index in [2.05, 4.69) is 12.2 Å². The summed E-state index contributed by atoms with van der Waals surface area (Å²) in [7, 11) is 0. The maximum absolute atomic E-state index is 13.8. The first-order valence-electron chi connectivity index (χ1n) is 12.3. The number of carbonyl (C=O) groups is 2. The molecule has 1 saturated carbocycles. The molecule has 1 N–H and O–H groups in total. The van der Waals surface area contributed by atoms with E-state index in [1.165, 1.54) is 0 Å². The number of fused-ring (bicyclic) bond motifs is 3. The van der Waals surface area contributed by atoms with Crippen molar-refractivity contribution in [3.63, 3.8) is 0 Å². The second kappa shape index (κ2) is 8.85. The molecule has 0 bridgehead atoms. The summed E-state index contributed by atoms with van der Waals surface area (Å²) in [6.45, 7) is 7.41. The molecule has 0 radical (unpaired) electrons. The second-order valence-electron chi connectivity index (χ2n) is 9.96. The molecule has 2 aliphatic rings. The number of hydrogen-bond donors (Lipinski definition) is 1. The van der Waals surface area contributed by atoms with Gasteiger partial charge in [0.1, 0.15) is 17.0 Å². The monoisotopic (exact) mass is 463 g/mol. The third-order valence-electron chi connectivity index (χ3n) is 7.46. The number of furan rings is 1. The van der Waals surface area contributed by atoms with Gasteiger partial charge in [0.25, 0.3) is 5.91 Å². The number of rotatable bonds is 6. The highest BCUT2D eigenvalue weighted by atomic mass is 16.5. The van der Waals surface area contributed by atoms with Gasteiger partial charge in [-0.25, -0.2) is 0 Å². The van der Waals surface area contributed by atoms with Crippen molar-refractivity contribution in [3.05, 3.63) is 53.9 Å². The lowest BCUT2D eigenvalue weighted by Gasteiger charge is -2.45. The topological polar surface area (TPSA) is 76.7 Å². The van der Waals surface area contributed by atoms with Crippen molar-refractivity contribution < 1.29 is 18.7 Å². The van der Waals surface area contributed by atoms with Crippen LogP contribution in [-0.2, 0) is 17.9 Å². The van der Waals surface area contributed by atoms with Crippen LogP contribution in [0.1, 0.15) is 62.5 Å². The van der Waals surface area contributed by atoms with Crippen LogP contribution in [-0.4, -0.2) is 39.5 Å². The third-order valence-corrected chi connectivity index (χ3v) is 7.46. The van der Waals surface area contributed by atoms with E-state index in [0.29, 0.717) is 36.9 Å². The van der Waals surface area contributed by atoms with E-state index in [1.807, 2.05) is 48.7 Å². The molecule has 2 aromatic heterocycles. The van der Waals surface area contributed by atoms with E-state index in [-0.39, 0.29) is 17.9 Å². The molecule has 1 aromatic carbocycles. The zero-order chi connectivity index (χ0) is 23.9. The molecule has 1 aliphatic heterocycles. The number of ether oxygens (including phenoxy) is 1. The smallest absolute Gasteiger partial charge is 0.271 e. The van der Waals surface area contributed by atoms with Gasteiger partial charge < -0.3 is 23.9 Å². The molecule has 1 fully saturated rings. The summed E-state index contributed by atoms with van der Waals surface area (Å²) in [5.41, 5.74) is 1.97. The number of hydrogen-bond acceptors (Lipinski definition) is 4. The summed E-state index contributed by atoms with van der Waals surface area (Å²) in [6.07, 6.45) is 5.82. The molecule has 34 heavy (non-hydrogen) atoms. The van der Waals surface area contributed by atoms with Crippen LogP contribution < -0.4 is 10.1 Å². The molecule has 0 spiro atoms. The van der Waals surface area contributed by atoms with Gasteiger partial charge in [-0.3, -0.25) is 9.59 Å². The maximum atomic E-state index is 13.8. The van der Waals surface area contributed by atoms with Gasteiger partial charge in [-0.15, -0.1) is 0 Å². The molecule has 180 valence electrons. The summed E-state index contributed by atoms with van der Waals surface area (Å²) in [5.74, 6) is 1.23. The lowest BCUT2D eigenvalue weighted by Crippen LogP contribution is -2.64. The molecule has 3 aromatic rings. The average molecular weight is 464 g/mol. The van der Waals surface area contributed by atoms with Crippen molar-refractivity contribution in [2.45, 2.75) is 71.1 Å². The van der Waals surface area contributed by atoms with Crippen molar-refractivity contribution in [2.75, 3.05) is 6.61 Å². The molecule has 3 heterocycles. The standard InChI is InChI=1S/C27H33N3O4/c1-4-33-21-11-7-19(8-12-21)16-30-25(31)23-15-24-22(13-14-34-24)29(23)17-27(30,3)26(32)28-20-9-5-18(2)6-10-20/h7-8,11-15,18,20H,4-6,9-10,16-17H2,1-3H3,(H,28,32)/t18?,20?,27-/m0/s1. The van der Waals surface area contributed by atoms with E-state index in [1.54, 1.807) is 17.2 Å². The Bertz CT molecular complexity index is 1190. The SMILES string of the molecule is CCOc1ccc(CN2C(=O)c3cc4occc4n3C[C@@]2(C)C(=O)NC2CCC(C)CC2)cc1. The van der Waals surface area contributed by atoms with Crippen molar-refractivity contribution in [2.24, 2.45) is 5.92 Å². The van der Waals surface area contributed by atoms with Crippen molar-refractivity contribution >= 4 is 22.9 Å². The Kier molecular flexibility index (Phi) is 5.88. The van der Waals surface area contributed by atoms with Gasteiger partial charge in [0.15, 0.2) is 5.58 Å². The molecule has 2 amide bonds. The Morgan fingerprint density at radius 3 is 2.62 bits per heavy atom. The van der Waals surface area contributed by atoms with Crippen molar-refractivity contribution in [1.82, 2.24) is 14.8 Å². The number of aromatic nitrogens is 1. The lowest BCUT2D eigenvalue weighted by molar-refractivity contribution is -0.134. The minimum Gasteiger partial charge on any atom is -0.494 e. The molecular formula is C27H33N3O4. The highest BCUT2D eigenvalue weighted by Gasteiger charge is 2.48. The minimum atomic E-state index is -1.03. The first kappa shape index (κ1) is 22.6. The van der Waals surface area contributed by atoms with Gasteiger partial charge in [-0.1, -0.05) is 19.1 Å².